The number of carbonyl (C=O) groups is 2. The number of nitrogens with zero attached hydrogens (tertiary/aromatic N) is 2. The molecule has 0 saturated heterocycles. The fourth-order valence-corrected chi connectivity index (χ4v) is 4.33. The van der Waals surface area contributed by atoms with Crippen molar-refractivity contribution >= 4 is 17.6 Å². The van der Waals surface area contributed by atoms with Crippen molar-refractivity contribution in [1.82, 2.24) is 10.2 Å². The van der Waals surface area contributed by atoms with Gasteiger partial charge in [0.2, 0.25) is 0 Å². The molecule has 1 N–H and O–H groups in total. The van der Waals surface area contributed by atoms with Gasteiger partial charge in [-0.3, -0.25) is 15.0 Å². The maximum absolute atomic E-state index is 13.4. The van der Waals surface area contributed by atoms with E-state index in [-0.39, 0.29) is 23.4 Å². The van der Waals surface area contributed by atoms with Crippen LogP contribution in [-0.4, -0.2) is 48.6 Å². The van der Waals surface area contributed by atoms with Gasteiger partial charge in [0.15, 0.2) is 0 Å². The Morgan fingerprint density at radius 1 is 1.03 bits per heavy atom. The summed E-state index contributed by atoms with van der Waals surface area (Å²) in [6.45, 7) is 7.63. The number of nitrogens with one attached hydrogen (secondary N) is 1. The van der Waals surface area contributed by atoms with Gasteiger partial charge in [-0.2, -0.15) is 0 Å². The van der Waals surface area contributed by atoms with Gasteiger partial charge >= 0.3 is 11.9 Å². The SMILES string of the molecule is CCN(CCOC(=O)C1=C(C)NC(C)=C(C(=O)OC)C1c1cccc([N+](=O)[O-])c1)Cc1ccccc1. The van der Waals surface area contributed by atoms with Gasteiger partial charge in [0.05, 0.1) is 29.1 Å². The third-order valence-corrected chi connectivity index (χ3v) is 6.14. The molecule has 9 heteroatoms. The van der Waals surface area contributed by atoms with Gasteiger partial charge in [0.25, 0.3) is 5.69 Å². The second-order valence-corrected chi connectivity index (χ2v) is 8.47. The number of allylic oxidation sites excluding steroid dienone is 2. The van der Waals surface area contributed by atoms with Gasteiger partial charge in [0, 0.05) is 36.6 Å². The van der Waals surface area contributed by atoms with E-state index in [4.69, 9.17) is 9.47 Å². The molecule has 1 atom stereocenters. The van der Waals surface area contributed by atoms with E-state index < -0.39 is 22.8 Å². The van der Waals surface area contributed by atoms with Gasteiger partial charge < -0.3 is 14.8 Å². The third kappa shape index (κ3) is 6.17. The summed E-state index contributed by atoms with van der Waals surface area (Å²) in [5.41, 5.74) is 2.89. The molecule has 1 aliphatic rings. The molecule has 190 valence electrons. The van der Waals surface area contributed by atoms with Crippen molar-refractivity contribution in [3.8, 4) is 0 Å². The van der Waals surface area contributed by atoms with Crippen LogP contribution in [0.2, 0.25) is 0 Å². The Balaban J connectivity index is 1.85. The van der Waals surface area contributed by atoms with Crippen molar-refractivity contribution in [2.75, 3.05) is 26.8 Å². The molecule has 1 unspecified atom stereocenters. The van der Waals surface area contributed by atoms with Gasteiger partial charge in [-0.15, -0.1) is 0 Å². The summed E-state index contributed by atoms with van der Waals surface area (Å²) in [7, 11) is 1.25. The highest BCUT2D eigenvalue weighted by atomic mass is 16.6. The van der Waals surface area contributed by atoms with E-state index in [1.165, 1.54) is 25.3 Å². The van der Waals surface area contributed by atoms with Crippen molar-refractivity contribution in [2.24, 2.45) is 0 Å². The normalized spacial score (nSPS) is 15.5. The molecule has 0 saturated carbocycles. The van der Waals surface area contributed by atoms with Gasteiger partial charge in [0.1, 0.15) is 6.61 Å². The Labute approximate surface area is 210 Å². The second-order valence-electron chi connectivity index (χ2n) is 8.47. The Hall–Kier alpha value is -3.98. The van der Waals surface area contributed by atoms with Crippen molar-refractivity contribution < 1.29 is 24.0 Å². The lowest BCUT2D eigenvalue weighted by Crippen LogP contribution is -2.33. The number of non-ortho nitro benzene ring substituents is 1. The molecule has 0 bridgehead atoms. The molecule has 1 aliphatic heterocycles. The molecule has 0 aliphatic carbocycles. The standard InChI is InChI=1S/C27H31N3O6/c1-5-29(17-20-10-7-6-8-11-20)14-15-36-27(32)24-19(3)28-18(2)23(26(31)35-4)25(24)21-12-9-13-22(16-21)30(33)34/h6-13,16,25,28H,5,14-15,17H2,1-4H3. The van der Waals surface area contributed by atoms with E-state index in [0.29, 0.717) is 23.5 Å². The zero-order valence-electron chi connectivity index (χ0n) is 20.9. The third-order valence-electron chi connectivity index (χ3n) is 6.14. The molecule has 36 heavy (non-hydrogen) atoms. The van der Waals surface area contributed by atoms with Gasteiger partial charge in [-0.1, -0.05) is 49.4 Å². The molecular weight excluding hydrogens is 462 g/mol. The second kappa shape index (κ2) is 12.1. The molecule has 3 rings (SSSR count). The number of benzene rings is 2. The lowest BCUT2D eigenvalue weighted by molar-refractivity contribution is -0.384. The number of nitro benzene ring substituents is 1. The van der Waals surface area contributed by atoms with Crippen LogP contribution in [0.4, 0.5) is 5.69 Å². The zero-order chi connectivity index (χ0) is 26.2. The molecular formula is C27H31N3O6. The summed E-state index contributed by atoms with van der Waals surface area (Å²) in [4.78, 5) is 39.1. The predicted octanol–water partition coefficient (Wildman–Crippen LogP) is 4.07. The van der Waals surface area contributed by atoms with Crippen LogP contribution in [0.25, 0.3) is 0 Å². The van der Waals surface area contributed by atoms with E-state index in [0.717, 1.165) is 18.7 Å². The Morgan fingerprint density at radius 3 is 2.31 bits per heavy atom. The van der Waals surface area contributed by atoms with Crippen molar-refractivity contribution in [3.63, 3.8) is 0 Å². The smallest absolute Gasteiger partial charge is 0.336 e. The first-order valence-electron chi connectivity index (χ1n) is 11.7. The number of likely N-dealkylation sites (N-methyl/N-ethyl adjacent to an activating group) is 1. The largest absolute Gasteiger partial charge is 0.466 e. The zero-order valence-corrected chi connectivity index (χ0v) is 20.9. The lowest BCUT2D eigenvalue weighted by Gasteiger charge is -2.30. The van der Waals surface area contributed by atoms with Gasteiger partial charge in [-0.25, -0.2) is 9.59 Å². The highest BCUT2D eigenvalue weighted by Gasteiger charge is 2.38. The Morgan fingerprint density at radius 2 is 1.69 bits per heavy atom. The maximum atomic E-state index is 13.4. The average molecular weight is 494 g/mol. The summed E-state index contributed by atoms with van der Waals surface area (Å²) in [5, 5.41) is 14.5. The quantitative estimate of drug-likeness (QED) is 0.300. The van der Waals surface area contributed by atoms with E-state index in [1.807, 2.05) is 37.3 Å². The highest BCUT2D eigenvalue weighted by Crippen LogP contribution is 2.40. The van der Waals surface area contributed by atoms with Crippen molar-refractivity contribution in [1.29, 1.82) is 0 Å². The summed E-state index contributed by atoms with van der Waals surface area (Å²) in [6, 6.07) is 15.9. The molecule has 0 radical (unpaired) electrons. The number of esters is 2. The van der Waals surface area contributed by atoms with Crippen LogP contribution < -0.4 is 5.32 Å². The number of dihydropyridines is 1. The summed E-state index contributed by atoms with van der Waals surface area (Å²) in [6.07, 6.45) is 0. The van der Waals surface area contributed by atoms with Crippen LogP contribution in [-0.2, 0) is 25.6 Å². The minimum Gasteiger partial charge on any atom is -0.466 e. The average Bonchev–Trinajstić information content (AvgIpc) is 2.87. The number of hydrogen-bond acceptors (Lipinski definition) is 8. The van der Waals surface area contributed by atoms with E-state index in [2.05, 4.69) is 10.2 Å². The molecule has 9 nitrogen and oxygen atoms in total. The fraction of sp³-hybridized carbons (Fsp3) is 0.333. The minimum atomic E-state index is -0.877. The van der Waals surface area contributed by atoms with Crippen LogP contribution >= 0.6 is 0 Å². The predicted molar refractivity (Wildman–Crippen MR) is 135 cm³/mol. The summed E-state index contributed by atoms with van der Waals surface area (Å²) in [5.74, 6) is -2.10. The Bertz CT molecular complexity index is 1190. The molecule has 2 aromatic rings. The Kier molecular flexibility index (Phi) is 8.97. The summed E-state index contributed by atoms with van der Waals surface area (Å²) < 4.78 is 10.6. The first-order chi connectivity index (χ1) is 17.3. The molecule has 2 aromatic carbocycles. The first-order valence-corrected chi connectivity index (χ1v) is 11.7. The molecule has 1 heterocycles. The van der Waals surface area contributed by atoms with E-state index >= 15 is 0 Å². The van der Waals surface area contributed by atoms with E-state index in [1.54, 1.807) is 19.9 Å². The molecule has 0 aromatic heterocycles. The van der Waals surface area contributed by atoms with E-state index in [9.17, 15) is 19.7 Å². The highest BCUT2D eigenvalue weighted by molar-refractivity contribution is 5.99. The van der Waals surface area contributed by atoms with Gasteiger partial charge in [-0.05, 0) is 31.5 Å². The van der Waals surface area contributed by atoms with Crippen LogP contribution in [0.5, 0.6) is 0 Å². The van der Waals surface area contributed by atoms with Crippen LogP contribution in [0, 0.1) is 10.1 Å². The van der Waals surface area contributed by atoms with Crippen LogP contribution in [0.3, 0.4) is 0 Å². The lowest BCUT2D eigenvalue weighted by atomic mass is 9.80. The topological polar surface area (TPSA) is 111 Å². The minimum absolute atomic E-state index is 0.141. The molecule has 0 spiro atoms. The number of hydrogen-bond donors (Lipinski definition) is 1. The van der Waals surface area contributed by atoms with Crippen molar-refractivity contribution in [3.05, 3.63) is 98.4 Å². The van der Waals surface area contributed by atoms with Crippen LogP contribution in [0.1, 0.15) is 37.8 Å². The number of ether oxygens (including phenoxy) is 2. The first kappa shape index (κ1) is 26.6. The number of rotatable bonds is 10. The maximum Gasteiger partial charge on any atom is 0.336 e. The van der Waals surface area contributed by atoms with Crippen molar-refractivity contribution in [2.45, 2.75) is 33.2 Å². The fourth-order valence-electron chi connectivity index (χ4n) is 4.33. The molecule has 0 amide bonds. The summed E-state index contributed by atoms with van der Waals surface area (Å²) >= 11 is 0. The number of carbonyl (C=O) groups excluding carboxylic acids is 2. The monoisotopic (exact) mass is 493 g/mol. The van der Waals surface area contributed by atoms with Crippen LogP contribution in [0.15, 0.2) is 77.1 Å². The number of nitro groups is 1. The number of methoxy groups -OCH3 is 1. The molecule has 0 fully saturated rings.